The summed E-state index contributed by atoms with van der Waals surface area (Å²) < 4.78 is 2.42. The Kier molecular flexibility index (Phi) is 5.68. The van der Waals surface area contributed by atoms with Gasteiger partial charge in [-0.25, -0.2) is 0 Å². The van der Waals surface area contributed by atoms with Crippen LogP contribution in [-0.4, -0.2) is 70.5 Å². The third-order valence-electron chi connectivity index (χ3n) is 8.05. The van der Waals surface area contributed by atoms with Crippen molar-refractivity contribution in [2.24, 2.45) is 0 Å². The number of benzene rings is 2. The van der Waals surface area contributed by atoms with Gasteiger partial charge in [0, 0.05) is 80.6 Å². The molecule has 0 N–H and O–H groups in total. The summed E-state index contributed by atoms with van der Waals surface area (Å²) in [7, 11) is 0. The number of hydrogen-bond acceptors (Lipinski definition) is 3. The molecule has 3 aliphatic rings. The van der Waals surface area contributed by atoms with E-state index in [1.54, 1.807) is 0 Å². The molecule has 1 unspecified atom stereocenters. The molecular weight excluding hydrogens is 408 g/mol. The third-order valence-corrected chi connectivity index (χ3v) is 8.05. The summed E-state index contributed by atoms with van der Waals surface area (Å²) in [5, 5.41) is 1.18. The number of hydrogen-bond donors (Lipinski definition) is 0. The quantitative estimate of drug-likeness (QED) is 0.587. The second-order valence-corrected chi connectivity index (χ2v) is 10.1. The summed E-state index contributed by atoms with van der Waals surface area (Å²) in [5.41, 5.74) is 3.45. The number of carbonyl (C=O) groups is 1. The van der Waals surface area contributed by atoms with E-state index in [1.165, 1.54) is 42.1 Å². The minimum atomic E-state index is 0.188. The van der Waals surface area contributed by atoms with E-state index in [9.17, 15) is 4.79 Å². The van der Waals surface area contributed by atoms with Crippen molar-refractivity contribution in [3.8, 4) is 0 Å². The zero-order valence-corrected chi connectivity index (χ0v) is 19.4. The maximum Gasteiger partial charge on any atom is 0.253 e. The standard InChI is InChI=1S/C28H34N4O/c33-28(31-17-15-30(16-18-31)25-7-4-8-25)24-9-10-27-23(19-24)11-14-32(27)26-12-13-29(21-26)20-22-5-2-1-3-6-22/h1-3,5-6,9-11,14,19,25-26H,4,7-8,12-13,15-18,20-21H2. The Bertz CT molecular complexity index is 1110. The van der Waals surface area contributed by atoms with Gasteiger partial charge in [0.1, 0.15) is 0 Å². The maximum absolute atomic E-state index is 13.2. The number of carbonyl (C=O) groups excluding carboxylic acids is 1. The van der Waals surface area contributed by atoms with Crippen LogP contribution in [0.2, 0.25) is 0 Å². The number of nitrogens with zero attached hydrogens (tertiary/aromatic N) is 4. The van der Waals surface area contributed by atoms with Crippen molar-refractivity contribution in [1.29, 1.82) is 0 Å². The van der Waals surface area contributed by atoms with Gasteiger partial charge < -0.3 is 9.47 Å². The van der Waals surface area contributed by atoms with Crippen LogP contribution in [0.25, 0.3) is 10.9 Å². The highest BCUT2D eigenvalue weighted by Crippen LogP contribution is 2.29. The molecule has 5 nitrogen and oxygen atoms in total. The second kappa shape index (κ2) is 8.96. The summed E-state index contributed by atoms with van der Waals surface area (Å²) in [6, 6.07) is 20.5. The first-order valence-electron chi connectivity index (χ1n) is 12.6. The van der Waals surface area contributed by atoms with Gasteiger partial charge in [0.15, 0.2) is 0 Å². The molecule has 0 radical (unpaired) electrons. The maximum atomic E-state index is 13.2. The molecule has 6 rings (SSSR count). The number of piperazine rings is 1. The van der Waals surface area contributed by atoms with E-state index in [0.29, 0.717) is 6.04 Å². The Morgan fingerprint density at radius 2 is 1.67 bits per heavy atom. The van der Waals surface area contributed by atoms with E-state index in [4.69, 9.17) is 0 Å². The molecule has 172 valence electrons. The molecule has 3 aromatic rings. The van der Waals surface area contributed by atoms with Crippen molar-refractivity contribution in [3.63, 3.8) is 0 Å². The first kappa shape index (κ1) is 20.9. The van der Waals surface area contributed by atoms with E-state index in [1.807, 2.05) is 11.0 Å². The second-order valence-electron chi connectivity index (χ2n) is 10.1. The summed E-state index contributed by atoms with van der Waals surface area (Å²) >= 11 is 0. The molecule has 1 aromatic heterocycles. The Morgan fingerprint density at radius 1 is 0.848 bits per heavy atom. The van der Waals surface area contributed by atoms with Gasteiger partial charge in [-0.3, -0.25) is 14.6 Å². The molecule has 3 heterocycles. The average molecular weight is 443 g/mol. The molecule has 3 fully saturated rings. The molecule has 2 aromatic carbocycles. The molecule has 2 saturated heterocycles. The van der Waals surface area contributed by atoms with Crippen LogP contribution >= 0.6 is 0 Å². The van der Waals surface area contributed by atoms with Gasteiger partial charge in [-0.1, -0.05) is 36.8 Å². The van der Waals surface area contributed by atoms with Crippen molar-refractivity contribution in [3.05, 3.63) is 71.9 Å². The van der Waals surface area contributed by atoms with Gasteiger partial charge >= 0.3 is 0 Å². The Morgan fingerprint density at radius 3 is 2.42 bits per heavy atom. The van der Waals surface area contributed by atoms with Crippen LogP contribution in [0.3, 0.4) is 0 Å². The highest BCUT2D eigenvalue weighted by atomic mass is 16.2. The number of rotatable bonds is 5. The first-order chi connectivity index (χ1) is 16.2. The smallest absolute Gasteiger partial charge is 0.253 e. The number of aromatic nitrogens is 1. The Hall–Kier alpha value is -2.63. The van der Waals surface area contributed by atoms with Crippen LogP contribution < -0.4 is 0 Å². The van der Waals surface area contributed by atoms with E-state index in [2.05, 4.69) is 69.1 Å². The van der Waals surface area contributed by atoms with Crippen LogP contribution in [0.15, 0.2) is 60.8 Å². The summed E-state index contributed by atoms with van der Waals surface area (Å²) in [5.74, 6) is 0.188. The molecule has 0 spiro atoms. The van der Waals surface area contributed by atoms with Gasteiger partial charge in [-0.15, -0.1) is 0 Å². The molecule has 1 amide bonds. The number of fused-ring (bicyclic) bond motifs is 1. The fourth-order valence-corrected chi connectivity index (χ4v) is 5.86. The van der Waals surface area contributed by atoms with E-state index in [0.717, 1.165) is 57.4 Å². The van der Waals surface area contributed by atoms with Crippen molar-refractivity contribution in [2.75, 3.05) is 39.3 Å². The Labute approximate surface area is 196 Å². The first-order valence-corrected chi connectivity index (χ1v) is 12.6. The fourth-order valence-electron chi connectivity index (χ4n) is 5.86. The monoisotopic (exact) mass is 442 g/mol. The lowest BCUT2D eigenvalue weighted by atomic mass is 9.91. The van der Waals surface area contributed by atoms with Gasteiger partial charge in [0.05, 0.1) is 0 Å². The lowest BCUT2D eigenvalue weighted by molar-refractivity contribution is 0.0455. The number of amides is 1. The molecule has 33 heavy (non-hydrogen) atoms. The third kappa shape index (κ3) is 4.20. The van der Waals surface area contributed by atoms with E-state index >= 15 is 0 Å². The number of likely N-dealkylation sites (tertiary alicyclic amines) is 1. The highest BCUT2D eigenvalue weighted by molar-refractivity contribution is 5.98. The topological polar surface area (TPSA) is 31.7 Å². The van der Waals surface area contributed by atoms with Crippen LogP contribution in [0.4, 0.5) is 0 Å². The predicted octanol–water partition coefficient (Wildman–Crippen LogP) is 4.40. The predicted molar refractivity (Wildman–Crippen MR) is 132 cm³/mol. The zero-order valence-electron chi connectivity index (χ0n) is 19.4. The average Bonchev–Trinajstić information content (AvgIpc) is 3.45. The van der Waals surface area contributed by atoms with Crippen molar-refractivity contribution in [1.82, 2.24) is 19.3 Å². The van der Waals surface area contributed by atoms with Crippen molar-refractivity contribution >= 4 is 16.8 Å². The van der Waals surface area contributed by atoms with Crippen LogP contribution in [0, 0.1) is 0 Å². The van der Waals surface area contributed by atoms with Crippen molar-refractivity contribution < 1.29 is 4.79 Å². The zero-order chi connectivity index (χ0) is 22.2. The Balaban J connectivity index is 1.11. The lowest BCUT2D eigenvalue weighted by Gasteiger charge is -2.42. The normalized spacial score (nSPS) is 22.7. The van der Waals surface area contributed by atoms with Gasteiger partial charge in [-0.2, -0.15) is 0 Å². The van der Waals surface area contributed by atoms with Gasteiger partial charge in [-0.05, 0) is 49.1 Å². The molecule has 0 bridgehead atoms. The van der Waals surface area contributed by atoms with Gasteiger partial charge in [0.25, 0.3) is 5.91 Å². The van der Waals surface area contributed by atoms with Crippen LogP contribution in [0.1, 0.15) is 47.6 Å². The molecule has 5 heteroatoms. The molecule has 1 atom stereocenters. The fraction of sp³-hybridized carbons (Fsp3) is 0.464. The van der Waals surface area contributed by atoms with Crippen molar-refractivity contribution in [2.45, 2.75) is 44.3 Å². The summed E-state index contributed by atoms with van der Waals surface area (Å²) in [6.07, 6.45) is 7.43. The highest BCUT2D eigenvalue weighted by Gasteiger charge is 2.30. The summed E-state index contributed by atoms with van der Waals surface area (Å²) in [4.78, 5) is 20.4. The summed E-state index contributed by atoms with van der Waals surface area (Å²) in [6.45, 7) is 6.98. The van der Waals surface area contributed by atoms with E-state index < -0.39 is 0 Å². The minimum Gasteiger partial charge on any atom is -0.343 e. The van der Waals surface area contributed by atoms with Crippen LogP contribution in [0.5, 0.6) is 0 Å². The van der Waals surface area contributed by atoms with Gasteiger partial charge in [0.2, 0.25) is 0 Å². The van der Waals surface area contributed by atoms with E-state index in [-0.39, 0.29) is 5.91 Å². The largest absolute Gasteiger partial charge is 0.343 e. The van der Waals surface area contributed by atoms with Crippen LogP contribution in [-0.2, 0) is 6.54 Å². The molecule has 1 saturated carbocycles. The minimum absolute atomic E-state index is 0.188. The lowest BCUT2D eigenvalue weighted by Crippen LogP contribution is -2.53. The molecular formula is C28H34N4O. The molecule has 2 aliphatic heterocycles. The molecule has 1 aliphatic carbocycles. The SMILES string of the molecule is O=C(c1ccc2c(ccn2C2CCN(Cc3ccccc3)C2)c1)N1CCN(C2CCC2)CC1.